The molecule has 1 aliphatic heterocycles. The summed E-state index contributed by atoms with van der Waals surface area (Å²) < 4.78 is 0. The fourth-order valence-electron chi connectivity index (χ4n) is 2.54. The van der Waals surface area contributed by atoms with E-state index in [1.54, 1.807) is 0 Å². The lowest BCUT2D eigenvalue weighted by Crippen LogP contribution is -2.40. The van der Waals surface area contributed by atoms with Crippen LogP contribution in [0, 0.1) is 0 Å². The molecule has 3 rings (SSSR count). The summed E-state index contributed by atoms with van der Waals surface area (Å²) in [6, 6.07) is 7.73. The first kappa shape index (κ1) is 16.8. The molecule has 3 N–H and O–H groups in total. The summed E-state index contributed by atoms with van der Waals surface area (Å²) in [5.74, 6) is 0.0171. The summed E-state index contributed by atoms with van der Waals surface area (Å²) in [6.45, 7) is 1.37. The fraction of sp³-hybridized carbons (Fsp3) is 0.500. The van der Waals surface area contributed by atoms with Gasteiger partial charge in [-0.3, -0.25) is 9.59 Å². The quantitative estimate of drug-likeness (QED) is 0.766. The summed E-state index contributed by atoms with van der Waals surface area (Å²) >= 11 is 0. The Labute approximate surface area is 136 Å². The molecule has 1 unspecified atom stereocenters. The molecule has 0 radical (unpaired) electrons. The molecule has 1 aliphatic carbocycles. The van der Waals surface area contributed by atoms with Gasteiger partial charge in [0.05, 0.1) is 6.04 Å². The molecule has 0 spiro atoms. The van der Waals surface area contributed by atoms with Crippen molar-refractivity contribution in [3.05, 3.63) is 35.4 Å². The molecule has 22 heavy (non-hydrogen) atoms. The third-order valence-electron chi connectivity index (χ3n) is 3.95. The van der Waals surface area contributed by atoms with Gasteiger partial charge >= 0.3 is 0 Å². The van der Waals surface area contributed by atoms with Gasteiger partial charge in [-0.1, -0.05) is 12.1 Å². The third kappa shape index (κ3) is 4.45. The molecule has 0 aromatic heterocycles. The fourth-order valence-corrected chi connectivity index (χ4v) is 2.54. The molecular formula is C16H22ClN3O2. The number of hydrogen-bond donors (Lipinski definition) is 3. The van der Waals surface area contributed by atoms with Crippen LogP contribution in [0.15, 0.2) is 24.3 Å². The minimum atomic E-state index is -0.0636. The molecular weight excluding hydrogens is 302 g/mol. The topological polar surface area (TPSA) is 70.2 Å². The summed E-state index contributed by atoms with van der Waals surface area (Å²) in [4.78, 5) is 23.9. The van der Waals surface area contributed by atoms with E-state index in [1.807, 2.05) is 24.3 Å². The highest BCUT2D eigenvalue weighted by Gasteiger charge is 2.24. The molecule has 1 saturated carbocycles. The van der Waals surface area contributed by atoms with E-state index in [0.29, 0.717) is 18.2 Å². The van der Waals surface area contributed by atoms with Crippen molar-refractivity contribution >= 4 is 24.2 Å². The highest BCUT2D eigenvalue weighted by Crippen LogP contribution is 2.19. The Morgan fingerprint density at radius 2 is 2.05 bits per heavy atom. The lowest BCUT2D eigenvalue weighted by molar-refractivity contribution is -0.122. The highest BCUT2D eigenvalue weighted by atomic mass is 35.5. The molecule has 2 fully saturated rings. The Hall–Kier alpha value is -1.59. The number of hydrogen-bond acceptors (Lipinski definition) is 3. The maximum atomic E-state index is 12.0. The summed E-state index contributed by atoms with van der Waals surface area (Å²) in [7, 11) is 0. The molecule has 2 aliphatic rings. The van der Waals surface area contributed by atoms with Crippen molar-refractivity contribution in [1.29, 1.82) is 0 Å². The molecule has 120 valence electrons. The number of nitrogens with one attached hydrogen (secondary N) is 3. The zero-order valence-corrected chi connectivity index (χ0v) is 13.2. The lowest BCUT2D eigenvalue weighted by Gasteiger charge is -2.11. The zero-order valence-electron chi connectivity index (χ0n) is 12.4. The lowest BCUT2D eigenvalue weighted by atomic mass is 10.1. The number of halogens is 1. The molecule has 2 amide bonds. The van der Waals surface area contributed by atoms with E-state index < -0.39 is 0 Å². The first-order chi connectivity index (χ1) is 10.2. The maximum absolute atomic E-state index is 12.0. The Kier molecular flexibility index (Phi) is 5.80. The summed E-state index contributed by atoms with van der Waals surface area (Å²) in [5.41, 5.74) is 1.61. The number of amides is 2. The SMILES string of the molecule is Cl.O=C(NC1CC1)c1cccc(CNC(=O)C2CCCN2)c1. The second kappa shape index (κ2) is 7.61. The van der Waals surface area contributed by atoms with E-state index in [2.05, 4.69) is 16.0 Å². The van der Waals surface area contributed by atoms with Crippen LogP contribution in [0.3, 0.4) is 0 Å². The van der Waals surface area contributed by atoms with E-state index >= 15 is 0 Å². The number of carbonyl (C=O) groups is 2. The molecule has 1 atom stereocenters. The van der Waals surface area contributed by atoms with E-state index in [-0.39, 0.29) is 30.3 Å². The van der Waals surface area contributed by atoms with Crippen molar-refractivity contribution in [2.75, 3.05) is 6.54 Å². The predicted molar refractivity (Wildman–Crippen MR) is 87.0 cm³/mol. The van der Waals surface area contributed by atoms with Gasteiger partial charge in [0.1, 0.15) is 0 Å². The van der Waals surface area contributed by atoms with Crippen LogP contribution in [0.1, 0.15) is 41.6 Å². The average molecular weight is 324 g/mol. The zero-order chi connectivity index (χ0) is 14.7. The number of rotatable bonds is 5. The molecule has 6 heteroatoms. The van der Waals surface area contributed by atoms with Crippen LogP contribution in [0.4, 0.5) is 0 Å². The number of carbonyl (C=O) groups excluding carboxylic acids is 2. The molecule has 1 aromatic rings. The van der Waals surface area contributed by atoms with E-state index in [4.69, 9.17) is 0 Å². The Bertz CT molecular complexity index is 540. The molecule has 0 bridgehead atoms. The largest absolute Gasteiger partial charge is 0.351 e. The van der Waals surface area contributed by atoms with Crippen molar-refractivity contribution in [2.45, 2.75) is 44.3 Å². The smallest absolute Gasteiger partial charge is 0.251 e. The van der Waals surface area contributed by atoms with Crippen molar-refractivity contribution in [2.24, 2.45) is 0 Å². The van der Waals surface area contributed by atoms with Crippen molar-refractivity contribution in [3.8, 4) is 0 Å². The minimum Gasteiger partial charge on any atom is -0.351 e. The first-order valence-electron chi connectivity index (χ1n) is 7.63. The van der Waals surface area contributed by atoms with Crippen LogP contribution in [-0.2, 0) is 11.3 Å². The van der Waals surface area contributed by atoms with Gasteiger partial charge in [0.15, 0.2) is 0 Å². The monoisotopic (exact) mass is 323 g/mol. The normalized spacial score (nSPS) is 20.1. The summed E-state index contributed by atoms with van der Waals surface area (Å²) in [6.07, 6.45) is 4.11. The number of benzene rings is 1. The van der Waals surface area contributed by atoms with E-state index in [9.17, 15) is 9.59 Å². The Morgan fingerprint density at radius 1 is 1.23 bits per heavy atom. The van der Waals surface area contributed by atoms with Crippen LogP contribution < -0.4 is 16.0 Å². The maximum Gasteiger partial charge on any atom is 0.251 e. The summed E-state index contributed by atoms with van der Waals surface area (Å²) in [5, 5.41) is 9.07. The average Bonchev–Trinajstić information content (AvgIpc) is 3.14. The van der Waals surface area contributed by atoms with Crippen LogP contribution in [-0.4, -0.2) is 30.4 Å². The Balaban J connectivity index is 0.00000176. The van der Waals surface area contributed by atoms with Crippen LogP contribution in [0.5, 0.6) is 0 Å². The van der Waals surface area contributed by atoms with Gasteiger partial charge in [0, 0.05) is 18.2 Å². The van der Waals surface area contributed by atoms with Gasteiger partial charge in [-0.05, 0) is 49.9 Å². The van der Waals surface area contributed by atoms with Gasteiger partial charge in [-0.2, -0.15) is 0 Å². The van der Waals surface area contributed by atoms with Crippen molar-refractivity contribution < 1.29 is 9.59 Å². The van der Waals surface area contributed by atoms with Crippen molar-refractivity contribution in [3.63, 3.8) is 0 Å². The standard InChI is InChI=1S/C16H21N3O2.ClH/c20-15(19-13-6-7-13)12-4-1-3-11(9-12)10-18-16(21)14-5-2-8-17-14;/h1,3-4,9,13-14,17H,2,5-8,10H2,(H,18,21)(H,19,20);1H. The minimum absolute atomic E-state index is 0. The molecule has 1 heterocycles. The van der Waals surface area contributed by atoms with Gasteiger partial charge in [-0.15, -0.1) is 12.4 Å². The second-order valence-electron chi connectivity index (χ2n) is 5.81. The predicted octanol–water partition coefficient (Wildman–Crippen LogP) is 1.37. The van der Waals surface area contributed by atoms with Gasteiger partial charge in [0.25, 0.3) is 5.91 Å². The van der Waals surface area contributed by atoms with Crippen molar-refractivity contribution in [1.82, 2.24) is 16.0 Å². The Morgan fingerprint density at radius 3 is 2.73 bits per heavy atom. The molecule has 5 nitrogen and oxygen atoms in total. The van der Waals surface area contributed by atoms with Gasteiger partial charge in [-0.25, -0.2) is 0 Å². The first-order valence-corrected chi connectivity index (χ1v) is 7.63. The molecule has 1 aromatic carbocycles. The van der Waals surface area contributed by atoms with Gasteiger partial charge < -0.3 is 16.0 Å². The van der Waals surface area contributed by atoms with Crippen LogP contribution in [0.2, 0.25) is 0 Å². The van der Waals surface area contributed by atoms with E-state index in [0.717, 1.165) is 37.8 Å². The van der Waals surface area contributed by atoms with Gasteiger partial charge in [0.2, 0.25) is 5.91 Å². The third-order valence-corrected chi connectivity index (χ3v) is 3.95. The van der Waals surface area contributed by atoms with E-state index in [1.165, 1.54) is 0 Å². The second-order valence-corrected chi connectivity index (χ2v) is 5.81. The van der Waals surface area contributed by atoms with Crippen LogP contribution in [0.25, 0.3) is 0 Å². The van der Waals surface area contributed by atoms with Crippen LogP contribution >= 0.6 is 12.4 Å². The highest BCUT2D eigenvalue weighted by molar-refractivity contribution is 5.94. The molecule has 1 saturated heterocycles.